The maximum atomic E-state index is 11.9. The van der Waals surface area contributed by atoms with Gasteiger partial charge in [-0.2, -0.15) is 0 Å². The van der Waals surface area contributed by atoms with E-state index in [2.05, 4.69) is 93.1 Å². The molecular weight excluding hydrogens is 609 g/mol. The summed E-state index contributed by atoms with van der Waals surface area (Å²) in [6, 6.07) is 22.2. The number of thiophene rings is 1. The molecule has 0 saturated carbocycles. The van der Waals surface area contributed by atoms with Crippen molar-refractivity contribution in [2.45, 2.75) is 75.2 Å². The molecule has 6 heteroatoms. The number of unbranched alkanes of at least 4 members (excludes halogenated alkanes) is 2. The molecule has 2 heterocycles. The van der Waals surface area contributed by atoms with E-state index in [4.69, 9.17) is 9.47 Å². The highest BCUT2D eigenvalue weighted by Gasteiger charge is 2.22. The largest absolute Gasteiger partial charge is 0.454 e. The van der Waals surface area contributed by atoms with E-state index in [0.717, 1.165) is 44.9 Å². The second kappa shape index (κ2) is 18.3. The number of aryl methyl sites for hydroxylation is 2. The van der Waals surface area contributed by atoms with Gasteiger partial charge in [0.2, 0.25) is 0 Å². The van der Waals surface area contributed by atoms with Crippen molar-refractivity contribution in [1.82, 2.24) is 0 Å². The maximum Gasteiger partial charge on any atom is 0.306 e. The number of benzene rings is 2. The Hall–Kier alpha value is -3.87. The molecule has 1 unspecified atom stereocenters. The highest BCUT2D eigenvalue weighted by molar-refractivity contribution is 8.08. The number of rotatable bonds is 19. The third-order valence-electron chi connectivity index (χ3n) is 7.86. The van der Waals surface area contributed by atoms with E-state index >= 15 is 0 Å². The van der Waals surface area contributed by atoms with Crippen LogP contribution in [0.1, 0.15) is 71.8 Å². The molecular formula is C40H44O4S2. The van der Waals surface area contributed by atoms with Crippen LogP contribution in [0.5, 0.6) is 0 Å². The molecule has 0 radical (unpaired) electrons. The molecule has 1 aliphatic rings. The number of carbonyl (C=O) groups excluding carboxylic acids is 2. The first kappa shape index (κ1) is 35.0. The Kier molecular flexibility index (Phi) is 13.9. The van der Waals surface area contributed by atoms with Gasteiger partial charge in [-0.15, -0.1) is 23.1 Å². The van der Waals surface area contributed by atoms with E-state index in [1.54, 1.807) is 24.3 Å². The minimum Gasteiger partial charge on any atom is -0.454 e. The van der Waals surface area contributed by atoms with Crippen LogP contribution < -0.4 is 0 Å². The van der Waals surface area contributed by atoms with Gasteiger partial charge in [0.1, 0.15) is 12.2 Å². The fourth-order valence-electron chi connectivity index (χ4n) is 5.18. The van der Waals surface area contributed by atoms with Gasteiger partial charge in [0.15, 0.2) is 0 Å². The summed E-state index contributed by atoms with van der Waals surface area (Å²) < 4.78 is 10.6. The van der Waals surface area contributed by atoms with Crippen LogP contribution in [0, 0.1) is 0 Å². The Bertz CT molecular complexity index is 1500. The summed E-state index contributed by atoms with van der Waals surface area (Å²) in [5.74, 6) is -0.413. The number of esters is 2. The van der Waals surface area contributed by atoms with E-state index in [1.165, 1.54) is 36.9 Å². The van der Waals surface area contributed by atoms with Crippen LogP contribution in [0.3, 0.4) is 0 Å². The molecule has 4 rings (SSSR count). The molecule has 4 nitrogen and oxygen atoms in total. The van der Waals surface area contributed by atoms with E-state index in [-0.39, 0.29) is 11.9 Å². The van der Waals surface area contributed by atoms with Gasteiger partial charge in [0.05, 0.1) is 0 Å². The van der Waals surface area contributed by atoms with E-state index < -0.39 is 12.2 Å². The number of carbonyl (C=O) groups is 2. The van der Waals surface area contributed by atoms with Gasteiger partial charge in [0, 0.05) is 32.8 Å². The molecule has 0 amide bonds. The van der Waals surface area contributed by atoms with E-state index in [1.807, 2.05) is 23.1 Å². The molecule has 0 bridgehead atoms. The highest BCUT2D eigenvalue weighted by Crippen LogP contribution is 2.50. The average Bonchev–Trinajstić information content (AvgIpc) is 3.78. The molecule has 3 aromatic rings. The summed E-state index contributed by atoms with van der Waals surface area (Å²) in [5, 5.41) is 0.439. The van der Waals surface area contributed by atoms with Crippen molar-refractivity contribution in [2.24, 2.45) is 0 Å². The summed E-state index contributed by atoms with van der Waals surface area (Å²) >= 11 is 3.83. The number of thioether (sulfide) groups is 1. The van der Waals surface area contributed by atoms with Crippen molar-refractivity contribution in [1.29, 1.82) is 0 Å². The lowest BCUT2D eigenvalue weighted by Crippen LogP contribution is -2.13. The van der Waals surface area contributed by atoms with Crippen LogP contribution in [0.4, 0.5) is 0 Å². The molecule has 0 saturated heterocycles. The van der Waals surface area contributed by atoms with Gasteiger partial charge < -0.3 is 9.47 Å². The lowest BCUT2D eigenvalue weighted by Gasteiger charge is -2.10. The van der Waals surface area contributed by atoms with Crippen LogP contribution in [-0.2, 0) is 31.9 Å². The van der Waals surface area contributed by atoms with Gasteiger partial charge in [-0.05, 0) is 104 Å². The van der Waals surface area contributed by atoms with Crippen molar-refractivity contribution < 1.29 is 19.1 Å². The molecule has 46 heavy (non-hydrogen) atoms. The third kappa shape index (κ3) is 10.6. The van der Waals surface area contributed by atoms with Crippen molar-refractivity contribution in [2.75, 3.05) is 0 Å². The molecule has 240 valence electrons. The summed E-state index contributed by atoms with van der Waals surface area (Å²) in [6.45, 7) is 14.6. The lowest BCUT2D eigenvalue weighted by atomic mass is 10.0. The predicted octanol–water partition coefficient (Wildman–Crippen LogP) is 10.6. The van der Waals surface area contributed by atoms with Crippen LogP contribution in [0.15, 0.2) is 117 Å². The third-order valence-corrected chi connectivity index (χ3v) is 10.6. The number of allylic oxidation sites excluding steroid dienone is 1. The van der Waals surface area contributed by atoms with Gasteiger partial charge in [-0.3, -0.25) is 9.59 Å². The van der Waals surface area contributed by atoms with Crippen molar-refractivity contribution >= 4 is 39.9 Å². The van der Waals surface area contributed by atoms with Crippen LogP contribution in [0.25, 0.3) is 15.3 Å². The van der Waals surface area contributed by atoms with Crippen molar-refractivity contribution in [3.63, 3.8) is 0 Å². The first-order valence-corrected chi connectivity index (χ1v) is 17.7. The van der Waals surface area contributed by atoms with Gasteiger partial charge >= 0.3 is 11.9 Å². The number of hydrogen-bond acceptors (Lipinski definition) is 6. The van der Waals surface area contributed by atoms with Crippen LogP contribution >= 0.6 is 23.1 Å². The quantitative estimate of drug-likeness (QED) is 0.0733. The van der Waals surface area contributed by atoms with Gasteiger partial charge in [-0.1, -0.05) is 80.9 Å². The summed E-state index contributed by atoms with van der Waals surface area (Å²) in [6.07, 6.45) is 15.0. The normalized spacial score (nSPS) is 14.1. The zero-order valence-electron chi connectivity index (χ0n) is 26.5. The Morgan fingerprint density at radius 3 is 1.70 bits per heavy atom. The Morgan fingerprint density at radius 1 is 0.696 bits per heavy atom. The minimum absolute atomic E-state index is 0.206. The van der Waals surface area contributed by atoms with Gasteiger partial charge in [-0.25, -0.2) is 0 Å². The lowest BCUT2D eigenvalue weighted by molar-refractivity contribution is -0.146. The van der Waals surface area contributed by atoms with Gasteiger partial charge in [0.25, 0.3) is 0 Å². The molecule has 0 fully saturated rings. The molecule has 1 atom stereocenters. The van der Waals surface area contributed by atoms with Crippen LogP contribution in [0.2, 0.25) is 0 Å². The number of ether oxygens (including phenoxy) is 2. The maximum absolute atomic E-state index is 11.9. The van der Waals surface area contributed by atoms with Crippen molar-refractivity contribution in [3.05, 3.63) is 139 Å². The second-order valence-electron chi connectivity index (χ2n) is 11.3. The zero-order valence-corrected chi connectivity index (χ0v) is 28.2. The highest BCUT2D eigenvalue weighted by atomic mass is 32.2. The zero-order chi connectivity index (χ0) is 32.7. The van der Waals surface area contributed by atoms with E-state index in [0.29, 0.717) is 18.1 Å². The minimum atomic E-state index is -0.413. The molecule has 2 aromatic carbocycles. The molecule has 0 aliphatic carbocycles. The molecule has 0 N–H and O–H groups in total. The van der Waals surface area contributed by atoms with Crippen LogP contribution in [-0.4, -0.2) is 24.1 Å². The Labute approximate surface area is 282 Å². The fourth-order valence-corrected chi connectivity index (χ4v) is 7.63. The molecule has 1 aliphatic heterocycles. The average molecular weight is 653 g/mol. The second-order valence-corrected chi connectivity index (χ2v) is 13.6. The fraction of sp³-hybridized carbons (Fsp3) is 0.300. The smallest absolute Gasteiger partial charge is 0.306 e. The van der Waals surface area contributed by atoms with E-state index in [9.17, 15) is 9.59 Å². The monoisotopic (exact) mass is 652 g/mol. The Morgan fingerprint density at radius 2 is 1.20 bits per heavy atom. The summed E-state index contributed by atoms with van der Waals surface area (Å²) in [5.41, 5.74) is 5.07. The summed E-state index contributed by atoms with van der Waals surface area (Å²) in [4.78, 5) is 27.9. The van der Waals surface area contributed by atoms with Crippen molar-refractivity contribution in [3.8, 4) is 10.4 Å². The predicted molar refractivity (Wildman–Crippen MR) is 195 cm³/mol. The first-order valence-electron chi connectivity index (χ1n) is 16.0. The topological polar surface area (TPSA) is 52.6 Å². The molecule has 1 aromatic heterocycles. The first-order chi connectivity index (χ1) is 22.4. The Balaban J connectivity index is 1.18. The SMILES string of the molecule is C=CC(C=C)OC(=O)CCCCc1ccc(C2=CCC(c3ccc(-c4ccc(CCCCC(=O)OC(C=C)C=C)cc4)s3)S2)cc1. The number of hydrogen-bond donors (Lipinski definition) is 0. The molecule has 0 spiro atoms. The summed E-state index contributed by atoms with van der Waals surface area (Å²) in [7, 11) is 0. The standard InChI is InChI=1S/C40H44O4S2/c1-5-33(6-2)43-39(41)15-11-9-13-29-17-21-31(22-18-29)35-25-27-37(45-35)38-28-26-36(46-38)32-23-19-30(20-24-32)14-10-12-16-40(42)44-34(7-3)8-4/h5-8,17-27,33-34,38H,1-4,9-16,28H2.